The molecule has 0 atom stereocenters. The molecule has 0 aromatic heterocycles. The first-order chi connectivity index (χ1) is 11.0. The highest BCUT2D eigenvalue weighted by atomic mass is 19.2. The molecule has 1 saturated carbocycles. The SMILES string of the molecule is Fc1cc(-c2c(F)cc(C3CCCCC3)cc2F)cc(F)c1F. The highest BCUT2D eigenvalue weighted by molar-refractivity contribution is 5.65. The summed E-state index contributed by atoms with van der Waals surface area (Å²) < 4.78 is 68.3. The van der Waals surface area contributed by atoms with Gasteiger partial charge in [-0.2, -0.15) is 0 Å². The van der Waals surface area contributed by atoms with Crippen LogP contribution in [0.15, 0.2) is 24.3 Å². The van der Waals surface area contributed by atoms with Crippen molar-refractivity contribution in [2.24, 2.45) is 0 Å². The fourth-order valence-electron chi connectivity index (χ4n) is 3.24. The Morgan fingerprint density at radius 2 is 1.17 bits per heavy atom. The Hall–Kier alpha value is -1.91. The van der Waals surface area contributed by atoms with Crippen LogP contribution in [0.4, 0.5) is 22.0 Å². The minimum absolute atomic E-state index is 0.100. The molecular formula is C18H15F5. The van der Waals surface area contributed by atoms with Crippen LogP contribution in [0.2, 0.25) is 0 Å². The predicted molar refractivity (Wildman–Crippen MR) is 77.5 cm³/mol. The third-order valence-corrected chi connectivity index (χ3v) is 4.41. The monoisotopic (exact) mass is 326 g/mol. The van der Waals surface area contributed by atoms with Crippen LogP contribution >= 0.6 is 0 Å². The quantitative estimate of drug-likeness (QED) is 0.462. The highest BCUT2D eigenvalue weighted by Crippen LogP contribution is 2.36. The van der Waals surface area contributed by atoms with E-state index in [4.69, 9.17) is 0 Å². The van der Waals surface area contributed by atoms with Gasteiger partial charge in [-0.25, -0.2) is 22.0 Å². The molecule has 0 nitrogen and oxygen atoms in total. The summed E-state index contributed by atoms with van der Waals surface area (Å²) in [6.07, 6.45) is 4.90. The van der Waals surface area contributed by atoms with Crippen LogP contribution in [0.5, 0.6) is 0 Å². The van der Waals surface area contributed by atoms with Crippen molar-refractivity contribution in [3.63, 3.8) is 0 Å². The van der Waals surface area contributed by atoms with Crippen LogP contribution in [0.3, 0.4) is 0 Å². The molecule has 0 heterocycles. The second-order valence-corrected chi connectivity index (χ2v) is 5.95. The fourth-order valence-corrected chi connectivity index (χ4v) is 3.24. The highest BCUT2D eigenvalue weighted by Gasteiger charge is 2.22. The fraction of sp³-hybridized carbons (Fsp3) is 0.333. The van der Waals surface area contributed by atoms with Crippen molar-refractivity contribution in [3.8, 4) is 11.1 Å². The van der Waals surface area contributed by atoms with E-state index in [0.717, 1.165) is 32.1 Å². The van der Waals surface area contributed by atoms with Crippen LogP contribution in [0.1, 0.15) is 43.6 Å². The van der Waals surface area contributed by atoms with Crippen molar-refractivity contribution in [1.82, 2.24) is 0 Å². The van der Waals surface area contributed by atoms with Crippen molar-refractivity contribution in [2.75, 3.05) is 0 Å². The van der Waals surface area contributed by atoms with E-state index in [1.807, 2.05) is 0 Å². The summed E-state index contributed by atoms with van der Waals surface area (Å²) in [5.41, 5.74) is -0.333. The zero-order chi connectivity index (χ0) is 16.6. The number of benzene rings is 2. The van der Waals surface area contributed by atoms with E-state index >= 15 is 0 Å². The number of rotatable bonds is 2. The molecule has 0 saturated heterocycles. The van der Waals surface area contributed by atoms with E-state index in [-0.39, 0.29) is 11.5 Å². The van der Waals surface area contributed by atoms with E-state index in [1.54, 1.807) is 0 Å². The smallest absolute Gasteiger partial charge is 0.194 e. The Labute approximate surface area is 130 Å². The zero-order valence-electron chi connectivity index (χ0n) is 12.3. The van der Waals surface area contributed by atoms with Gasteiger partial charge in [-0.15, -0.1) is 0 Å². The van der Waals surface area contributed by atoms with Gasteiger partial charge in [0.15, 0.2) is 17.5 Å². The Kier molecular flexibility index (Phi) is 4.37. The summed E-state index contributed by atoms with van der Waals surface area (Å²) in [5, 5.41) is 0. The van der Waals surface area contributed by atoms with Crippen molar-refractivity contribution in [1.29, 1.82) is 0 Å². The summed E-state index contributed by atoms with van der Waals surface area (Å²) in [4.78, 5) is 0. The maximum atomic E-state index is 14.3. The molecule has 0 radical (unpaired) electrons. The van der Waals surface area contributed by atoms with E-state index in [2.05, 4.69) is 0 Å². The molecule has 0 N–H and O–H groups in total. The molecule has 0 amide bonds. The predicted octanol–water partition coefficient (Wildman–Crippen LogP) is 6.10. The number of hydrogen-bond acceptors (Lipinski definition) is 0. The van der Waals surface area contributed by atoms with Crippen LogP contribution in [-0.4, -0.2) is 0 Å². The van der Waals surface area contributed by atoms with E-state index < -0.39 is 34.6 Å². The Morgan fingerprint density at radius 1 is 0.652 bits per heavy atom. The molecular weight excluding hydrogens is 311 g/mol. The van der Waals surface area contributed by atoms with Gasteiger partial charge in [-0.1, -0.05) is 19.3 Å². The van der Waals surface area contributed by atoms with Gasteiger partial charge in [0, 0.05) is 0 Å². The first-order valence-electron chi connectivity index (χ1n) is 7.61. The maximum absolute atomic E-state index is 14.3. The topological polar surface area (TPSA) is 0 Å². The van der Waals surface area contributed by atoms with E-state index in [0.29, 0.717) is 17.7 Å². The second kappa shape index (κ2) is 6.30. The molecule has 1 fully saturated rings. The molecule has 5 heteroatoms. The van der Waals surface area contributed by atoms with Crippen molar-refractivity contribution in [3.05, 3.63) is 58.9 Å². The lowest BCUT2D eigenvalue weighted by atomic mass is 9.83. The Morgan fingerprint density at radius 3 is 1.70 bits per heavy atom. The molecule has 0 unspecified atom stereocenters. The summed E-state index contributed by atoms with van der Waals surface area (Å²) in [6.45, 7) is 0. The van der Waals surface area contributed by atoms with Crippen molar-refractivity contribution in [2.45, 2.75) is 38.0 Å². The van der Waals surface area contributed by atoms with Gasteiger partial charge in [-0.05, 0) is 54.2 Å². The van der Waals surface area contributed by atoms with Gasteiger partial charge in [0.25, 0.3) is 0 Å². The average Bonchev–Trinajstić information content (AvgIpc) is 2.52. The molecule has 1 aliphatic rings. The molecule has 122 valence electrons. The largest absolute Gasteiger partial charge is 0.206 e. The normalized spacial score (nSPS) is 15.9. The van der Waals surface area contributed by atoms with Crippen LogP contribution < -0.4 is 0 Å². The average molecular weight is 326 g/mol. The summed E-state index contributed by atoms with van der Waals surface area (Å²) in [5.74, 6) is -6.30. The van der Waals surface area contributed by atoms with Crippen LogP contribution in [0.25, 0.3) is 11.1 Å². The molecule has 2 aromatic carbocycles. The van der Waals surface area contributed by atoms with Gasteiger partial charge in [0.2, 0.25) is 0 Å². The Balaban J connectivity index is 2.04. The summed E-state index contributed by atoms with van der Waals surface area (Å²) in [6, 6.07) is 3.63. The molecule has 1 aliphatic carbocycles. The van der Waals surface area contributed by atoms with E-state index in [1.165, 1.54) is 12.1 Å². The first-order valence-corrected chi connectivity index (χ1v) is 7.61. The lowest BCUT2D eigenvalue weighted by Crippen LogP contribution is -2.06. The van der Waals surface area contributed by atoms with Crippen LogP contribution in [0, 0.1) is 29.1 Å². The molecule has 3 rings (SSSR count). The van der Waals surface area contributed by atoms with Crippen molar-refractivity contribution >= 4 is 0 Å². The zero-order valence-corrected chi connectivity index (χ0v) is 12.3. The molecule has 0 spiro atoms. The lowest BCUT2D eigenvalue weighted by Gasteiger charge is -2.22. The van der Waals surface area contributed by atoms with Gasteiger partial charge in [-0.3, -0.25) is 0 Å². The molecule has 2 aromatic rings. The molecule has 0 bridgehead atoms. The number of halogens is 5. The minimum atomic E-state index is -1.66. The second-order valence-electron chi connectivity index (χ2n) is 5.95. The maximum Gasteiger partial charge on any atom is 0.194 e. The van der Waals surface area contributed by atoms with Gasteiger partial charge in [0.1, 0.15) is 11.6 Å². The standard InChI is InChI=1S/C18H15F5/c19-13-6-11(10-4-2-1-3-5-10)7-14(20)17(13)12-8-15(21)18(23)16(22)9-12/h6-10H,1-5H2. The van der Waals surface area contributed by atoms with Gasteiger partial charge < -0.3 is 0 Å². The summed E-state index contributed by atoms with van der Waals surface area (Å²) in [7, 11) is 0. The van der Waals surface area contributed by atoms with E-state index in [9.17, 15) is 22.0 Å². The Bertz CT molecular complexity index is 686. The number of hydrogen-bond donors (Lipinski definition) is 0. The van der Waals surface area contributed by atoms with Crippen LogP contribution in [-0.2, 0) is 0 Å². The minimum Gasteiger partial charge on any atom is -0.206 e. The third kappa shape index (κ3) is 3.09. The molecule has 0 aliphatic heterocycles. The first kappa shape index (κ1) is 16.0. The molecule has 23 heavy (non-hydrogen) atoms. The van der Waals surface area contributed by atoms with Gasteiger partial charge in [0.05, 0.1) is 5.56 Å². The van der Waals surface area contributed by atoms with Crippen molar-refractivity contribution < 1.29 is 22.0 Å². The summed E-state index contributed by atoms with van der Waals surface area (Å²) >= 11 is 0. The van der Waals surface area contributed by atoms with Gasteiger partial charge >= 0.3 is 0 Å². The lowest BCUT2D eigenvalue weighted by molar-refractivity contribution is 0.439. The third-order valence-electron chi connectivity index (χ3n) is 4.41.